The predicted molar refractivity (Wildman–Crippen MR) is 83.8 cm³/mol. The van der Waals surface area contributed by atoms with Gasteiger partial charge in [-0.1, -0.05) is 6.07 Å². The van der Waals surface area contributed by atoms with E-state index in [-0.39, 0.29) is 11.4 Å². The highest BCUT2D eigenvalue weighted by molar-refractivity contribution is 5.54. The van der Waals surface area contributed by atoms with Gasteiger partial charge in [0.25, 0.3) is 0 Å². The van der Waals surface area contributed by atoms with E-state index < -0.39 is 0 Å². The number of nitrogens with one attached hydrogen (secondary N) is 1. The molecule has 0 aliphatic carbocycles. The Kier molecular flexibility index (Phi) is 4.68. The molecule has 0 aliphatic rings. The summed E-state index contributed by atoms with van der Waals surface area (Å²) in [6.45, 7) is 7.40. The molecule has 1 heterocycles. The Morgan fingerprint density at radius 3 is 2.62 bits per heavy atom. The molecular formula is C17H23FN2O. The molecule has 1 aromatic heterocycles. The number of nitrogens with zero attached hydrogens (tertiary/aromatic N) is 1. The Balaban J connectivity index is 2.20. The summed E-state index contributed by atoms with van der Waals surface area (Å²) in [5.41, 5.74) is 2.60. The van der Waals surface area contributed by atoms with Crippen molar-refractivity contribution in [1.82, 2.24) is 5.32 Å². The van der Waals surface area contributed by atoms with Gasteiger partial charge >= 0.3 is 0 Å². The van der Waals surface area contributed by atoms with Crippen LogP contribution in [-0.4, -0.2) is 12.6 Å². The first kappa shape index (κ1) is 15.6. The van der Waals surface area contributed by atoms with E-state index in [2.05, 4.69) is 26.1 Å². The average molecular weight is 290 g/mol. The summed E-state index contributed by atoms with van der Waals surface area (Å²) in [6, 6.07) is 7.12. The molecule has 1 N–H and O–H groups in total. The maximum atomic E-state index is 14.2. The van der Waals surface area contributed by atoms with Crippen LogP contribution in [0.3, 0.4) is 0 Å². The normalized spacial score (nSPS) is 11.7. The first-order valence-corrected chi connectivity index (χ1v) is 7.11. The maximum Gasteiger partial charge on any atom is 0.129 e. The Hall–Kier alpha value is -1.81. The van der Waals surface area contributed by atoms with Crippen LogP contribution >= 0.6 is 0 Å². The van der Waals surface area contributed by atoms with Gasteiger partial charge in [0.1, 0.15) is 5.82 Å². The number of halogens is 1. The topological polar surface area (TPSA) is 28.4 Å². The van der Waals surface area contributed by atoms with Crippen molar-refractivity contribution in [2.24, 2.45) is 0 Å². The van der Waals surface area contributed by atoms with Crippen LogP contribution in [0.5, 0.6) is 0 Å². The van der Waals surface area contributed by atoms with Crippen molar-refractivity contribution < 1.29 is 8.81 Å². The molecule has 4 heteroatoms. The molecule has 0 saturated heterocycles. The zero-order valence-corrected chi connectivity index (χ0v) is 13.1. The summed E-state index contributed by atoms with van der Waals surface area (Å²) >= 11 is 0. The van der Waals surface area contributed by atoms with E-state index in [0.29, 0.717) is 18.7 Å². The largest absolute Gasteiger partial charge is 0.472 e. The third-order valence-electron chi connectivity index (χ3n) is 3.30. The second-order valence-electron chi connectivity index (χ2n) is 6.33. The van der Waals surface area contributed by atoms with Crippen LogP contribution in [0, 0.1) is 5.82 Å². The second kappa shape index (κ2) is 6.31. The van der Waals surface area contributed by atoms with Gasteiger partial charge in [0.15, 0.2) is 0 Å². The molecule has 0 saturated carbocycles. The Morgan fingerprint density at radius 2 is 2.00 bits per heavy atom. The van der Waals surface area contributed by atoms with Crippen LogP contribution < -0.4 is 10.2 Å². The van der Waals surface area contributed by atoms with E-state index in [1.54, 1.807) is 18.6 Å². The van der Waals surface area contributed by atoms with Gasteiger partial charge < -0.3 is 14.6 Å². The van der Waals surface area contributed by atoms with E-state index in [0.717, 1.165) is 11.3 Å². The van der Waals surface area contributed by atoms with Crippen molar-refractivity contribution >= 4 is 5.69 Å². The fourth-order valence-corrected chi connectivity index (χ4v) is 2.18. The number of hydrogen-bond donors (Lipinski definition) is 1. The van der Waals surface area contributed by atoms with Crippen LogP contribution in [0.1, 0.15) is 31.9 Å². The molecule has 21 heavy (non-hydrogen) atoms. The van der Waals surface area contributed by atoms with Crippen molar-refractivity contribution in [3.05, 3.63) is 53.7 Å². The molecule has 2 aromatic rings. The number of rotatable bonds is 5. The lowest BCUT2D eigenvalue weighted by atomic mass is 10.1. The summed E-state index contributed by atoms with van der Waals surface area (Å²) in [6.07, 6.45) is 3.36. The highest BCUT2D eigenvalue weighted by Gasteiger charge is 2.16. The number of furan rings is 1. The number of benzene rings is 1. The first-order valence-electron chi connectivity index (χ1n) is 7.11. The molecule has 0 aliphatic heterocycles. The van der Waals surface area contributed by atoms with Gasteiger partial charge in [0.2, 0.25) is 0 Å². The van der Waals surface area contributed by atoms with Crippen molar-refractivity contribution in [2.75, 3.05) is 11.9 Å². The van der Waals surface area contributed by atoms with Crippen LogP contribution in [0.25, 0.3) is 0 Å². The summed E-state index contributed by atoms with van der Waals surface area (Å²) in [5, 5.41) is 3.35. The van der Waals surface area contributed by atoms with E-state index in [1.807, 2.05) is 24.1 Å². The van der Waals surface area contributed by atoms with Crippen LogP contribution in [0.4, 0.5) is 10.1 Å². The smallest absolute Gasteiger partial charge is 0.129 e. The van der Waals surface area contributed by atoms with E-state index >= 15 is 0 Å². The minimum absolute atomic E-state index is 0.0529. The molecular weight excluding hydrogens is 267 g/mol. The van der Waals surface area contributed by atoms with Crippen LogP contribution in [0.15, 0.2) is 41.2 Å². The zero-order valence-electron chi connectivity index (χ0n) is 13.1. The second-order valence-corrected chi connectivity index (χ2v) is 6.33. The highest BCUT2D eigenvalue weighted by Crippen LogP contribution is 2.24. The third-order valence-corrected chi connectivity index (χ3v) is 3.30. The highest BCUT2D eigenvalue weighted by atomic mass is 19.1. The van der Waals surface area contributed by atoms with Gasteiger partial charge in [0.05, 0.1) is 12.5 Å². The van der Waals surface area contributed by atoms with Crippen molar-refractivity contribution in [1.29, 1.82) is 0 Å². The van der Waals surface area contributed by atoms with E-state index in [1.165, 1.54) is 6.07 Å². The van der Waals surface area contributed by atoms with Crippen LogP contribution in [0.2, 0.25) is 0 Å². The minimum Gasteiger partial charge on any atom is -0.472 e. The van der Waals surface area contributed by atoms with Crippen molar-refractivity contribution in [2.45, 2.75) is 39.4 Å². The monoisotopic (exact) mass is 290 g/mol. The van der Waals surface area contributed by atoms with Gasteiger partial charge in [-0.25, -0.2) is 4.39 Å². The molecule has 1 aromatic carbocycles. The average Bonchev–Trinajstić information content (AvgIpc) is 2.88. The SMILES string of the molecule is CN(Cc1ccoc1)c1cccc(F)c1CNC(C)(C)C. The summed E-state index contributed by atoms with van der Waals surface area (Å²) in [7, 11) is 1.96. The molecule has 0 bridgehead atoms. The summed E-state index contributed by atoms with van der Waals surface area (Å²) in [5.74, 6) is -0.178. The van der Waals surface area contributed by atoms with Gasteiger partial charge in [0, 0.05) is 42.5 Å². The van der Waals surface area contributed by atoms with Gasteiger partial charge in [-0.15, -0.1) is 0 Å². The van der Waals surface area contributed by atoms with E-state index in [4.69, 9.17) is 4.42 Å². The Labute approximate surface area is 125 Å². The maximum absolute atomic E-state index is 14.2. The first-order chi connectivity index (χ1) is 9.87. The summed E-state index contributed by atoms with van der Waals surface area (Å²) in [4.78, 5) is 2.04. The number of hydrogen-bond acceptors (Lipinski definition) is 3. The molecule has 114 valence electrons. The molecule has 0 radical (unpaired) electrons. The quantitative estimate of drug-likeness (QED) is 0.904. The number of anilines is 1. The minimum atomic E-state index is -0.178. The lowest BCUT2D eigenvalue weighted by Gasteiger charge is -2.25. The van der Waals surface area contributed by atoms with Crippen molar-refractivity contribution in [3.63, 3.8) is 0 Å². The molecule has 0 fully saturated rings. The molecule has 0 spiro atoms. The van der Waals surface area contributed by atoms with Gasteiger partial charge in [-0.2, -0.15) is 0 Å². The standard InChI is InChI=1S/C17H23FN2O/c1-17(2,3)19-10-14-15(18)6-5-7-16(14)20(4)11-13-8-9-21-12-13/h5-9,12,19H,10-11H2,1-4H3. The Morgan fingerprint density at radius 1 is 1.24 bits per heavy atom. The fourth-order valence-electron chi connectivity index (χ4n) is 2.18. The molecule has 0 amide bonds. The molecule has 3 nitrogen and oxygen atoms in total. The van der Waals surface area contributed by atoms with E-state index in [9.17, 15) is 4.39 Å². The fraction of sp³-hybridized carbons (Fsp3) is 0.412. The molecule has 0 atom stereocenters. The molecule has 0 unspecified atom stereocenters. The van der Waals surface area contributed by atoms with Crippen molar-refractivity contribution in [3.8, 4) is 0 Å². The summed E-state index contributed by atoms with van der Waals surface area (Å²) < 4.78 is 19.3. The van der Waals surface area contributed by atoms with Gasteiger partial charge in [-0.3, -0.25) is 0 Å². The van der Waals surface area contributed by atoms with Gasteiger partial charge in [-0.05, 0) is 39.0 Å². The lowest BCUT2D eigenvalue weighted by Crippen LogP contribution is -2.35. The third kappa shape index (κ3) is 4.33. The van der Waals surface area contributed by atoms with Crippen LogP contribution in [-0.2, 0) is 13.1 Å². The molecule has 2 rings (SSSR count). The lowest BCUT2D eigenvalue weighted by molar-refractivity contribution is 0.418. The zero-order chi connectivity index (χ0) is 15.5. The Bertz CT molecular complexity index is 573. The predicted octanol–water partition coefficient (Wildman–Crippen LogP) is 3.94.